The summed E-state index contributed by atoms with van der Waals surface area (Å²) in [4.78, 5) is 5.41. The van der Waals surface area contributed by atoms with Crippen molar-refractivity contribution in [3.05, 3.63) is 102 Å². The van der Waals surface area contributed by atoms with Gasteiger partial charge in [0.25, 0.3) is 0 Å². The molecule has 172 valence electrons. The van der Waals surface area contributed by atoms with E-state index in [2.05, 4.69) is 9.88 Å². The van der Waals surface area contributed by atoms with E-state index in [9.17, 15) is 4.57 Å². The third-order valence-corrected chi connectivity index (χ3v) is 6.56. The Kier molecular flexibility index (Phi) is 7.63. The van der Waals surface area contributed by atoms with Crippen molar-refractivity contribution in [2.24, 2.45) is 0 Å². The molecule has 0 spiro atoms. The summed E-state index contributed by atoms with van der Waals surface area (Å²) >= 11 is 0. The number of nitrogens with zero attached hydrogens (tertiary/aromatic N) is 1. The number of benzene rings is 3. The van der Waals surface area contributed by atoms with Gasteiger partial charge in [-0.1, -0.05) is 66.7 Å². The zero-order chi connectivity index (χ0) is 23.1. The van der Waals surface area contributed by atoms with Crippen LogP contribution in [0.15, 0.2) is 85.1 Å². The van der Waals surface area contributed by atoms with Crippen molar-refractivity contribution < 1.29 is 18.1 Å². The average molecular weight is 465 g/mol. The van der Waals surface area contributed by atoms with Crippen LogP contribution in [0.1, 0.15) is 16.7 Å². The standard InChI is InChI=1S/C26H29N2O4P/c1-28(2)17-16-23-18-27-24-14-9-15-25(26(23)24)32-33(29,30-19-21-10-5-3-6-11-21)31-20-22-12-7-4-8-13-22/h3-15,18,27H,16-17,19-20H2,1-2H3. The molecule has 0 aliphatic carbocycles. The van der Waals surface area contributed by atoms with E-state index < -0.39 is 7.82 Å². The fraction of sp³-hybridized carbons (Fsp3) is 0.231. The smallest absolute Gasteiger partial charge is 0.403 e. The predicted molar refractivity (Wildman–Crippen MR) is 131 cm³/mol. The SMILES string of the molecule is CN(C)CCc1c[nH]c2cccc(OP(=O)(OCc3ccccc3)OCc3ccccc3)c12. The van der Waals surface area contributed by atoms with E-state index in [1.165, 1.54) is 0 Å². The topological polar surface area (TPSA) is 63.8 Å². The van der Waals surface area contributed by atoms with Crippen LogP contribution in [0, 0.1) is 0 Å². The van der Waals surface area contributed by atoms with Gasteiger partial charge in [-0.3, -0.25) is 9.05 Å². The van der Waals surface area contributed by atoms with Crippen LogP contribution < -0.4 is 4.52 Å². The minimum Gasteiger partial charge on any atom is -0.403 e. The maximum atomic E-state index is 13.8. The molecule has 0 fully saturated rings. The van der Waals surface area contributed by atoms with E-state index in [-0.39, 0.29) is 13.2 Å². The Morgan fingerprint density at radius 2 is 1.42 bits per heavy atom. The van der Waals surface area contributed by atoms with Gasteiger partial charge >= 0.3 is 7.82 Å². The van der Waals surface area contributed by atoms with Crippen molar-refractivity contribution in [3.8, 4) is 5.75 Å². The summed E-state index contributed by atoms with van der Waals surface area (Å²) in [7, 11) is 0.140. The lowest BCUT2D eigenvalue weighted by Gasteiger charge is -2.20. The summed E-state index contributed by atoms with van der Waals surface area (Å²) < 4.78 is 31.4. The van der Waals surface area contributed by atoms with Crippen LogP contribution in [0.5, 0.6) is 5.75 Å². The molecule has 0 unspecified atom stereocenters. The summed E-state index contributed by atoms with van der Waals surface area (Å²) in [6, 6.07) is 24.8. The molecule has 3 aromatic carbocycles. The minimum absolute atomic E-state index is 0.115. The molecular formula is C26H29N2O4P. The highest BCUT2D eigenvalue weighted by Crippen LogP contribution is 2.52. The second-order valence-electron chi connectivity index (χ2n) is 8.10. The van der Waals surface area contributed by atoms with Crippen molar-refractivity contribution in [1.29, 1.82) is 0 Å². The number of fused-ring (bicyclic) bond motifs is 1. The molecule has 0 saturated carbocycles. The van der Waals surface area contributed by atoms with E-state index in [4.69, 9.17) is 13.6 Å². The fourth-order valence-electron chi connectivity index (χ4n) is 3.50. The first-order valence-electron chi connectivity index (χ1n) is 10.9. The van der Waals surface area contributed by atoms with Crippen molar-refractivity contribution >= 4 is 18.7 Å². The highest BCUT2D eigenvalue weighted by Gasteiger charge is 2.30. The Labute approximate surface area is 194 Å². The second kappa shape index (κ2) is 10.8. The van der Waals surface area contributed by atoms with Gasteiger partial charge in [-0.05, 0) is 49.3 Å². The summed E-state index contributed by atoms with van der Waals surface area (Å²) in [5.41, 5.74) is 3.78. The van der Waals surface area contributed by atoms with Crippen molar-refractivity contribution in [1.82, 2.24) is 9.88 Å². The van der Waals surface area contributed by atoms with Crippen molar-refractivity contribution in [3.63, 3.8) is 0 Å². The Bertz CT molecular complexity index is 1160. The van der Waals surface area contributed by atoms with Gasteiger partial charge in [0.2, 0.25) is 0 Å². The fourth-order valence-corrected chi connectivity index (χ4v) is 4.69. The van der Waals surface area contributed by atoms with Crippen LogP contribution in [-0.2, 0) is 33.2 Å². The van der Waals surface area contributed by atoms with E-state index >= 15 is 0 Å². The Hall–Kier alpha value is -2.89. The molecule has 1 N–H and O–H groups in total. The molecule has 0 bridgehead atoms. The van der Waals surface area contributed by atoms with E-state index in [1.807, 2.05) is 93.1 Å². The normalized spacial score (nSPS) is 11.8. The minimum atomic E-state index is -3.93. The zero-order valence-corrected chi connectivity index (χ0v) is 19.8. The molecule has 6 nitrogen and oxygen atoms in total. The number of hydrogen-bond donors (Lipinski definition) is 1. The number of aromatic amines is 1. The second-order valence-corrected chi connectivity index (χ2v) is 9.70. The third kappa shape index (κ3) is 6.34. The number of phosphoric acid groups is 1. The number of likely N-dealkylation sites (N-methyl/N-ethyl adjacent to an activating group) is 1. The highest BCUT2D eigenvalue weighted by molar-refractivity contribution is 7.48. The largest absolute Gasteiger partial charge is 0.530 e. The van der Waals surface area contributed by atoms with E-state index in [0.717, 1.165) is 40.6 Å². The summed E-state index contributed by atoms with van der Waals surface area (Å²) in [6.07, 6.45) is 2.80. The molecule has 0 atom stereocenters. The number of rotatable bonds is 11. The van der Waals surface area contributed by atoms with Gasteiger partial charge in [0.15, 0.2) is 0 Å². The molecule has 4 aromatic rings. The van der Waals surface area contributed by atoms with Gasteiger partial charge in [0.1, 0.15) is 5.75 Å². The highest BCUT2D eigenvalue weighted by atomic mass is 31.2. The van der Waals surface area contributed by atoms with Gasteiger partial charge in [0, 0.05) is 23.6 Å². The quantitative estimate of drug-likeness (QED) is 0.268. The van der Waals surface area contributed by atoms with Crippen LogP contribution in [0.25, 0.3) is 10.9 Å². The molecule has 0 radical (unpaired) electrons. The van der Waals surface area contributed by atoms with Crippen molar-refractivity contribution in [2.45, 2.75) is 19.6 Å². The van der Waals surface area contributed by atoms with Crippen molar-refractivity contribution in [2.75, 3.05) is 20.6 Å². The van der Waals surface area contributed by atoms with Crippen LogP contribution in [-0.4, -0.2) is 30.5 Å². The van der Waals surface area contributed by atoms with Crippen LogP contribution in [0.4, 0.5) is 0 Å². The average Bonchev–Trinajstić information content (AvgIpc) is 3.26. The number of aromatic nitrogens is 1. The first-order valence-corrected chi connectivity index (χ1v) is 12.4. The third-order valence-electron chi connectivity index (χ3n) is 5.25. The molecule has 0 amide bonds. The van der Waals surface area contributed by atoms with E-state index in [1.54, 1.807) is 6.07 Å². The molecule has 1 aromatic heterocycles. The predicted octanol–water partition coefficient (Wildman–Crippen LogP) is 6.19. The molecule has 4 rings (SSSR count). The lowest BCUT2D eigenvalue weighted by molar-refractivity contribution is 0.143. The van der Waals surface area contributed by atoms with Gasteiger partial charge in [0.05, 0.1) is 13.2 Å². The van der Waals surface area contributed by atoms with E-state index in [0.29, 0.717) is 5.75 Å². The Morgan fingerprint density at radius 3 is 2.00 bits per heavy atom. The van der Waals surface area contributed by atoms with Crippen LogP contribution in [0.3, 0.4) is 0 Å². The van der Waals surface area contributed by atoms with Gasteiger partial charge < -0.3 is 14.4 Å². The summed E-state index contributed by atoms with van der Waals surface area (Å²) in [6.45, 7) is 1.11. The summed E-state index contributed by atoms with van der Waals surface area (Å²) in [5.74, 6) is 0.479. The van der Waals surface area contributed by atoms with Crippen LogP contribution >= 0.6 is 7.82 Å². The molecule has 0 saturated heterocycles. The lowest BCUT2D eigenvalue weighted by Crippen LogP contribution is -2.14. The maximum Gasteiger partial charge on any atom is 0.530 e. The molecular weight excluding hydrogens is 435 g/mol. The Balaban J connectivity index is 1.60. The molecule has 0 aliphatic heterocycles. The first-order chi connectivity index (χ1) is 16.0. The zero-order valence-electron chi connectivity index (χ0n) is 18.9. The molecule has 33 heavy (non-hydrogen) atoms. The monoisotopic (exact) mass is 464 g/mol. The van der Waals surface area contributed by atoms with Gasteiger partial charge in [-0.15, -0.1) is 0 Å². The number of hydrogen-bond acceptors (Lipinski definition) is 5. The van der Waals surface area contributed by atoms with Gasteiger partial charge in [-0.25, -0.2) is 4.57 Å². The molecule has 1 heterocycles. The lowest BCUT2D eigenvalue weighted by atomic mass is 10.1. The number of nitrogens with one attached hydrogen (secondary N) is 1. The summed E-state index contributed by atoms with van der Waals surface area (Å²) in [5, 5.41) is 0.895. The maximum absolute atomic E-state index is 13.8. The van der Waals surface area contributed by atoms with Gasteiger partial charge in [-0.2, -0.15) is 0 Å². The van der Waals surface area contributed by atoms with Crippen LogP contribution in [0.2, 0.25) is 0 Å². The molecule has 0 aliphatic rings. The first kappa shape index (κ1) is 23.3. The Morgan fingerprint density at radius 1 is 0.818 bits per heavy atom. The number of H-pyrrole nitrogens is 1. The molecule has 7 heteroatoms. The number of phosphoric ester groups is 1.